The second kappa shape index (κ2) is 11.4. The number of rotatable bonds is 6. The number of hydrogen-bond acceptors (Lipinski definition) is 6. The van der Waals surface area contributed by atoms with E-state index >= 15 is 0 Å². The molecule has 1 fully saturated rings. The predicted octanol–water partition coefficient (Wildman–Crippen LogP) is 3.75. The normalized spacial score (nSPS) is 16.9. The Balaban J connectivity index is 1.07. The van der Waals surface area contributed by atoms with Crippen molar-refractivity contribution in [3.05, 3.63) is 96.0 Å². The second-order valence-electron chi connectivity index (χ2n) is 10.6. The number of nitrogens with zero attached hydrogens (tertiary/aromatic N) is 4. The molecule has 208 valence electrons. The van der Waals surface area contributed by atoms with Gasteiger partial charge in [-0.2, -0.15) is 5.10 Å². The molecule has 0 radical (unpaired) electrons. The van der Waals surface area contributed by atoms with Crippen LogP contribution in [0.4, 0.5) is 5.82 Å². The van der Waals surface area contributed by atoms with Crippen LogP contribution in [-0.2, 0) is 7.05 Å². The summed E-state index contributed by atoms with van der Waals surface area (Å²) in [6.07, 6.45) is 9.16. The van der Waals surface area contributed by atoms with Gasteiger partial charge in [0.1, 0.15) is 5.82 Å². The number of anilines is 1. The fourth-order valence-electron chi connectivity index (χ4n) is 5.46. The van der Waals surface area contributed by atoms with E-state index in [1.807, 2.05) is 37.5 Å². The summed E-state index contributed by atoms with van der Waals surface area (Å²) < 4.78 is 1.69. The van der Waals surface area contributed by atoms with E-state index < -0.39 is 0 Å². The van der Waals surface area contributed by atoms with Crippen LogP contribution in [0.1, 0.15) is 39.1 Å². The van der Waals surface area contributed by atoms with Crippen molar-refractivity contribution in [2.24, 2.45) is 7.05 Å². The van der Waals surface area contributed by atoms with Crippen LogP contribution < -0.4 is 16.4 Å². The van der Waals surface area contributed by atoms with Gasteiger partial charge in [0.15, 0.2) is 0 Å². The van der Waals surface area contributed by atoms with Gasteiger partial charge in [-0.3, -0.25) is 14.3 Å². The van der Waals surface area contributed by atoms with Crippen molar-refractivity contribution in [2.45, 2.75) is 18.9 Å². The third-order valence-corrected chi connectivity index (χ3v) is 7.80. The number of aryl methyl sites for hydroxylation is 1. The molecule has 0 bridgehead atoms. The molecule has 2 aromatic heterocycles. The van der Waals surface area contributed by atoms with Crippen molar-refractivity contribution >= 4 is 23.2 Å². The van der Waals surface area contributed by atoms with Gasteiger partial charge < -0.3 is 21.3 Å². The number of carbonyl (C=O) groups is 2. The van der Waals surface area contributed by atoms with Crippen molar-refractivity contribution in [3.8, 4) is 22.3 Å². The number of likely N-dealkylation sites (tertiary alicyclic amines) is 1. The maximum Gasteiger partial charge on any atom is 0.255 e. The summed E-state index contributed by atoms with van der Waals surface area (Å²) in [5.74, 6) is -0.174. The molecule has 0 saturated carbocycles. The van der Waals surface area contributed by atoms with Gasteiger partial charge in [-0.05, 0) is 59.8 Å². The molecule has 0 spiro atoms. The number of nitrogens with two attached hydrogens (primary N) is 1. The third-order valence-electron chi connectivity index (χ3n) is 7.80. The highest BCUT2D eigenvalue weighted by atomic mass is 16.2. The highest BCUT2D eigenvalue weighted by molar-refractivity contribution is 6.00. The standard InChI is InChI=1S/C32H33N7O2/c1-38-19-27(18-36-38)26-16-29(30(33)35-17-26)31(40)37-28-12-15-39(20-28)32(41)25-8-6-22(7-9-25)21-2-4-23(5-3-21)24-10-13-34-14-11-24/h2-10,16-19,28,34H,11-15,20H2,1H3,(H2,33,35)(H,37,40)/t28-/m1/s1. The lowest BCUT2D eigenvalue weighted by molar-refractivity contribution is 0.0783. The average Bonchev–Trinajstić information content (AvgIpc) is 3.67. The molecule has 0 unspecified atom stereocenters. The minimum atomic E-state index is -0.299. The van der Waals surface area contributed by atoms with Gasteiger partial charge in [-0.15, -0.1) is 0 Å². The Labute approximate surface area is 239 Å². The number of nitrogen functional groups attached to an aromatic ring is 1. The Bertz CT molecular complexity index is 1610. The molecule has 6 rings (SSSR count). The Kier molecular flexibility index (Phi) is 7.35. The number of amides is 2. The fourth-order valence-corrected chi connectivity index (χ4v) is 5.46. The van der Waals surface area contributed by atoms with Crippen LogP contribution in [-0.4, -0.2) is 63.7 Å². The molecule has 9 nitrogen and oxygen atoms in total. The van der Waals surface area contributed by atoms with Crippen LogP contribution in [0.5, 0.6) is 0 Å². The number of carbonyl (C=O) groups excluding carboxylic acids is 2. The first-order chi connectivity index (χ1) is 19.9. The second-order valence-corrected chi connectivity index (χ2v) is 10.6. The van der Waals surface area contributed by atoms with Gasteiger partial charge in [0.05, 0.1) is 11.8 Å². The molecule has 2 amide bonds. The van der Waals surface area contributed by atoms with E-state index in [2.05, 4.69) is 51.1 Å². The molecule has 0 aliphatic carbocycles. The largest absolute Gasteiger partial charge is 0.383 e. The zero-order valence-corrected chi connectivity index (χ0v) is 23.0. The first-order valence-electron chi connectivity index (χ1n) is 13.9. The van der Waals surface area contributed by atoms with Crippen molar-refractivity contribution in [1.82, 2.24) is 30.3 Å². The van der Waals surface area contributed by atoms with Crippen LogP contribution >= 0.6 is 0 Å². The highest BCUT2D eigenvalue weighted by Gasteiger charge is 2.29. The first-order valence-corrected chi connectivity index (χ1v) is 13.9. The quantitative estimate of drug-likeness (QED) is 0.338. The SMILES string of the molecule is Cn1cc(-c2cnc(N)c(C(=O)N[C@@H]3CCN(C(=O)c4ccc(-c5ccc(C6=CCNCC6)cc5)cc4)C3)c2)cn1. The van der Waals surface area contributed by atoms with Gasteiger partial charge >= 0.3 is 0 Å². The Morgan fingerprint density at radius 3 is 2.39 bits per heavy atom. The van der Waals surface area contributed by atoms with E-state index in [-0.39, 0.29) is 23.7 Å². The third kappa shape index (κ3) is 5.76. The maximum absolute atomic E-state index is 13.2. The van der Waals surface area contributed by atoms with Crippen LogP contribution in [0.15, 0.2) is 79.3 Å². The first kappa shape index (κ1) is 26.5. The van der Waals surface area contributed by atoms with Crippen LogP contribution in [0, 0.1) is 0 Å². The summed E-state index contributed by atoms with van der Waals surface area (Å²) in [7, 11) is 1.83. The summed E-state index contributed by atoms with van der Waals surface area (Å²) in [6, 6.07) is 17.9. The van der Waals surface area contributed by atoms with E-state index in [0.717, 1.165) is 41.8 Å². The van der Waals surface area contributed by atoms with Crippen molar-refractivity contribution in [1.29, 1.82) is 0 Å². The summed E-state index contributed by atoms with van der Waals surface area (Å²) in [4.78, 5) is 32.3. The van der Waals surface area contributed by atoms with E-state index in [1.165, 1.54) is 11.1 Å². The van der Waals surface area contributed by atoms with Crippen LogP contribution in [0.2, 0.25) is 0 Å². The van der Waals surface area contributed by atoms with E-state index in [9.17, 15) is 9.59 Å². The van der Waals surface area contributed by atoms with Gasteiger partial charge in [-0.1, -0.05) is 42.5 Å². The summed E-state index contributed by atoms with van der Waals surface area (Å²) in [5, 5.41) is 10.6. The molecule has 1 saturated heterocycles. The van der Waals surface area contributed by atoms with Gasteiger partial charge in [-0.25, -0.2) is 4.98 Å². The Morgan fingerprint density at radius 1 is 0.976 bits per heavy atom. The molecule has 4 aromatic rings. The zero-order chi connectivity index (χ0) is 28.3. The van der Waals surface area contributed by atoms with Crippen LogP contribution in [0.3, 0.4) is 0 Å². The summed E-state index contributed by atoms with van der Waals surface area (Å²) >= 11 is 0. The van der Waals surface area contributed by atoms with Crippen LogP contribution in [0.25, 0.3) is 27.8 Å². The van der Waals surface area contributed by atoms with Gasteiger partial charge in [0, 0.05) is 61.8 Å². The number of hydrogen-bond donors (Lipinski definition) is 3. The summed E-state index contributed by atoms with van der Waals surface area (Å²) in [6.45, 7) is 2.94. The molecule has 4 N–H and O–H groups in total. The minimum absolute atomic E-state index is 0.0405. The van der Waals surface area contributed by atoms with Gasteiger partial charge in [0.25, 0.3) is 11.8 Å². The lowest BCUT2D eigenvalue weighted by atomic mass is 9.97. The maximum atomic E-state index is 13.2. The zero-order valence-electron chi connectivity index (χ0n) is 23.0. The lowest BCUT2D eigenvalue weighted by Crippen LogP contribution is -2.38. The number of aromatic nitrogens is 3. The van der Waals surface area contributed by atoms with E-state index in [4.69, 9.17) is 5.73 Å². The lowest BCUT2D eigenvalue weighted by Gasteiger charge is -2.18. The number of benzene rings is 2. The molecular formula is C32H33N7O2. The van der Waals surface area contributed by atoms with Crippen molar-refractivity contribution in [3.63, 3.8) is 0 Å². The Morgan fingerprint density at radius 2 is 1.71 bits per heavy atom. The molecule has 2 aromatic carbocycles. The van der Waals surface area contributed by atoms with Gasteiger partial charge in [0.2, 0.25) is 0 Å². The topological polar surface area (TPSA) is 118 Å². The molecule has 2 aliphatic rings. The molecule has 4 heterocycles. The Hall–Kier alpha value is -4.76. The minimum Gasteiger partial charge on any atom is -0.383 e. The number of nitrogens with one attached hydrogen (secondary N) is 2. The highest BCUT2D eigenvalue weighted by Crippen LogP contribution is 2.26. The smallest absolute Gasteiger partial charge is 0.255 e. The fraction of sp³-hybridized carbons (Fsp3) is 0.250. The van der Waals surface area contributed by atoms with Crippen molar-refractivity contribution < 1.29 is 9.59 Å². The molecule has 9 heteroatoms. The van der Waals surface area contributed by atoms with E-state index in [1.54, 1.807) is 28.0 Å². The molecule has 41 heavy (non-hydrogen) atoms. The average molecular weight is 548 g/mol. The molecule has 2 aliphatic heterocycles. The number of pyridine rings is 1. The molecular weight excluding hydrogens is 514 g/mol. The summed E-state index contributed by atoms with van der Waals surface area (Å²) in [5.41, 5.74) is 13.4. The van der Waals surface area contributed by atoms with Crippen molar-refractivity contribution in [2.75, 3.05) is 31.9 Å². The predicted molar refractivity (Wildman–Crippen MR) is 160 cm³/mol. The van der Waals surface area contributed by atoms with E-state index in [0.29, 0.717) is 30.6 Å². The monoisotopic (exact) mass is 547 g/mol. The molecule has 1 atom stereocenters.